The Morgan fingerprint density at radius 2 is 2.22 bits per heavy atom. The molecule has 0 saturated heterocycles. The molecule has 0 aromatic carbocycles. The normalized spacial score (nSPS) is 11.0. The van der Waals surface area contributed by atoms with Crippen molar-refractivity contribution in [3.05, 3.63) is 46.5 Å². The second kappa shape index (κ2) is 8.72. The van der Waals surface area contributed by atoms with E-state index < -0.39 is 0 Å². The molecule has 0 unspecified atom stereocenters. The van der Waals surface area contributed by atoms with Crippen molar-refractivity contribution >= 4 is 17.4 Å². The number of urea groups is 1. The van der Waals surface area contributed by atoms with Crippen LogP contribution in [0.2, 0.25) is 0 Å². The van der Waals surface area contributed by atoms with Gasteiger partial charge in [0.15, 0.2) is 0 Å². The Balaban J connectivity index is 1.47. The highest BCUT2D eigenvalue weighted by Crippen LogP contribution is 2.18. The molecule has 0 aliphatic carbocycles. The van der Waals surface area contributed by atoms with Crippen LogP contribution in [0.4, 0.5) is 4.79 Å². The molecule has 0 aliphatic rings. The minimum absolute atomic E-state index is 0.197. The zero-order valence-corrected chi connectivity index (χ0v) is 16.4. The Kier molecular flexibility index (Phi) is 6.12. The summed E-state index contributed by atoms with van der Waals surface area (Å²) in [6, 6.07) is 3.45. The van der Waals surface area contributed by atoms with Gasteiger partial charge in [-0.25, -0.2) is 9.78 Å². The topological polar surface area (TPSA) is 97.0 Å². The number of hydrogen-bond acceptors (Lipinski definition) is 7. The van der Waals surface area contributed by atoms with Crippen molar-refractivity contribution in [1.29, 1.82) is 0 Å². The molecule has 0 saturated carbocycles. The van der Waals surface area contributed by atoms with Crippen LogP contribution >= 0.6 is 11.3 Å². The summed E-state index contributed by atoms with van der Waals surface area (Å²) in [7, 11) is 1.68. The molecule has 0 aliphatic heterocycles. The number of aromatic nitrogens is 4. The van der Waals surface area contributed by atoms with Crippen LogP contribution in [0.15, 0.2) is 34.4 Å². The summed E-state index contributed by atoms with van der Waals surface area (Å²) in [5, 5.41) is 9.91. The SMILES string of the molecule is CC(C)c1csc(CCNC(=O)N(C)Cc2nc(-c3cccnc3)no2)n1. The molecule has 3 rings (SSSR count). The minimum Gasteiger partial charge on any atom is -0.338 e. The van der Waals surface area contributed by atoms with Crippen LogP contribution in [-0.2, 0) is 13.0 Å². The van der Waals surface area contributed by atoms with E-state index in [1.807, 2.05) is 6.07 Å². The van der Waals surface area contributed by atoms with Gasteiger partial charge in [-0.3, -0.25) is 4.98 Å². The molecule has 3 aromatic heterocycles. The predicted molar refractivity (Wildman–Crippen MR) is 102 cm³/mol. The summed E-state index contributed by atoms with van der Waals surface area (Å²) < 4.78 is 5.22. The van der Waals surface area contributed by atoms with E-state index in [2.05, 4.69) is 44.7 Å². The van der Waals surface area contributed by atoms with Crippen molar-refractivity contribution in [2.75, 3.05) is 13.6 Å². The number of nitrogens with zero attached hydrogens (tertiary/aromatic N) is 5. The minimum atomic E-state index is -0.197. The first-order chi connectivity index (χ1) is 13.0. The Bertz CT molecular complexity index is 877. The molecule has 0 bridgehead atoms. The first-order valence-corrected chi connectivity index (χ1v) is 9.57. The first kappa shape index (κ1) is 19.0. The fraction of sp³-hybridized carbons (Fsp3) is 0.389. The summed E-state index contributed by atoms with van der Waals surface area (Å²) in [5.41, 5.74) is 1.86. The lowest BCUT2D eigenvalue weighted by atomic mass is 10.2. The molecule has 0 radical (unpaired) electrons. The molecule has 8 nitrogen and oxygen atoms in total. The maximum atomic E-state index is 12.2. The van der Waals surface area contributed by atoms with Crippen LogP contribution < -0.4 is 5.32 Å². The molecule has 1 N–H and O–H groups in total. The van der Waals surface area contributed by atoms with Crippen LogP contribution in [0.25, 0.3) is 11.4 Å². The number of amides is 2. The zero-order chi connectivity index (χ0) is 19.2. The van der Waals surface area contributed by atoms with Crippen LogP contribution in [0, 0.1) is 0 Å². The van der Waals surface area contributed by atoms with Crippen LogP contribution in [-0.4, -0.2) is 44.6 Å². The number of pyridine rings is 1. The quantitative estimate of drug-likeness (QED) is 0.670. The van der Waals surface area contributed by atoms with Gasteiger partial charge in [0, 0.05) is 43.4 Å². The van der Waals surface area contributed by atoms with E-state index in [1.54, 1.807) is 36.8 Å². The Labute approximate surface area is 161 Å². The van der Waals surface area contributed by atoms with Crippen LogP contribution in [0.3, 0.4) is 0 Å². The van der Waals surface area contributed by atoms with Crippen molar-refractivity contribution in [2.45, 2.75) is 32.7 Å². The second-order valence-electron chi connectivity index (χ2n) is 6.41. The maximum Gasteiger partial charge on any atom is 0.317 e. The first-order valence-electron chi connectivity index (χ1n) is 8.69. The standard InChI is InChI=1S/C18H22N6O2S/c1-12(2)14-11-27-16(21-14)6-8-20-18(25)24(3)10-15-22-17(23-26-15)13-5-4-7-19-9-13/h4-5,7,9,11-12H,6,8,10H2,1-3H3,(H,20,25). The van der Waals surface area contributed by atoms with Crippen molar-refractivity contribution in [3.8, 4) is 11.4 Å². The fourth-order valence-electron chi connectivity index (χ4n) is 2.32. The third kappa shape index (κ3) is 5.10. The van der Waals surface area contributed by atoms with E-state index in [-0.39, 0.29) is 12.6 Å². The van der Waals surface area contributed by atoms with Gasteiger partial charge in [-0.05, 0) is 18.1 Å². The highest BCUT2D eigenvalue weighted by molar-refractivity contribution is 7.09. The lowest BCUT2D eigenvalue weighted by Crippen LogP contribution is -2.37. The third-order valence-corrected chi connectivity index (χ3v) is 4.81. The van der Waals surface area contributed by atoms with Crippen molar-refractivity contribution in [3.63, 3.8) is 0 Å². The average molecular weight is 386 g/mol. The Hall–Kier alpha value is -2.81. The zero-order valence-electron chi connectivity index (χ0n) is 15.5. The molecule has 3 aromatic rings. The van der Waals surface area contributed by atoms with Gasteiger partial charge < -0.3 is 14.7 Å². The summed E-state index contributed by atoms with van der Waals surface area (Å²) in [6.45, 7) is 4.99. The van der Waals surface area contributed by atoms with Gasteiger partial charge in [-0.2, -0.15) is 4.98 Å². The highest BCUT2D eigenvalue weighted by atomic mass is 32.1. The third-order valence-electron chi connectivity index (χ3n) is 3.88. The molecule has 0 fully saturated rings. The predicted octanol–water partition coefficient (Wildman–Crippen LogP) is 3.10. The number of thiazole rings is 1. The molecule has 0 spiro atoms. The van der Waals surface area contributed by atoms with Crippen LogP contribution in [0.1, 0.15) is 36.4 Å². The van der Waals surface area contributed by atoms with Gasteiger partial charge in [-0.15, -0.1) is 11.3 Å². The van der Waals surface area contributed by atoms with Crippen LogP contribution in [0.5, 0.6) is 0 Å². The smallest absolute Gasteiger partial charge is 0.317 e. The van der Waals surface area contributed by atoms with E-state index in [1.165, 1.54) is 4.90 Å². The van der Waals surface area contributed by atoms with Gasteiger partial charge in [-0.1, -0.05) is 19.0 Å². The van der Waals surface area contributed by atoms with E-state index in [9.17, 15) is 4.79 Å². The average Bonchev–Trinajstić information content (AvgIpc) is 3.32. The van der Waals surface area contributed by atoms with Crippen molar-refractivity contribution in [1.82, 2.24) is 30.3 Å². The number of rotatable bonds is 7. The number of carbonyl (C=O) groups excluding carboxylic acids is 1. The summed E-state index contributed by atoms with van der Waals surface area (Å²) >= 11 is 1.63. The van der Waals surface area contributed by atoms with Gasteiger partial charge in [0.1, 0.15) is 6.54 Å². The molecule has 3 heterocycles. The molecule has 142 valence electrons. The van der Waals surface area contributed by atoms with E-state index >= 15 is 0 Å². The van der Waals surface area contributed by atoms with Gasteiger partial charge in [0.25, 0.3) is 0 Å². The molecular formula is C18H22N6O2S. The summed E-state index contributed by atoms with van der Waals surface area (Å²) in [5.74, 6) is 1.24. The summed E-state index contributed by atoms with van der Waals surface area (Å²) in [4.78, 5) is 26.6. The lowest BCUT2D eigenvalue weighted by Gasteiger charge is -2.15. The van der Waals surface area contributed by atoms with E-state index in [0.29, 0.717) is 30.6 Å². The van der Waals surface area contributed by atoms with Crippen molar-refractivity contribution < 1.29 is 9.32 Å². The maximum absolute atomic E-state index is 12.2. The number of carbonyl (C=O) groups is 1. The lowest BCUT2D eigenvalue weighted by molar-refractivity contribution is 0.200. The highest BCUT2D eigenvalue weighted by Gasteiger charge is 2.15. The van der Waals surface area contributed by atoms with Gasteiger partial charge in [0.2, 0.25) is 11.7 Å². The summed E-state index contributed by atoms with van der Waals surface area (Å²) in [6.07, 6.45) is 4.05. The second-order valence-corrected chi connectivity index (χ2v) is 7.35. The number of hydrogen-bond donors (Lipinski definition) is 1. The van der Waals surface area contributed by atoms with Gasteiger partial charge >= 0.3 is 6.03 Å². The molecular weight excluding hydrogens is 364 g/mol. The van der Waals surface area contributed by atoms with E-state index in [4.69, 9.17) is 4.52 Å². The van der Waals surface area contributed by atoms with Crippen molar-refractivity contribution in [2.24, 2.45) is 0 Å². The Morgan fingerprint density at radius 3 is 2.93 bits per heavy atom. The number of nitrogens with one attached hydrogen (secondary N) is 1. The molecule has 9 heteroatoms. The fourth-order valence-corrected chi connectivity index (χ4v) is 3.28. The Morgan fingerprint density at radius 1 is 1.37 bits per heavy atom. The molecule has 27 heavy (non-hydrogen) atoms. The van der Waals surface area contributed by atoms with Gasteiger partial charge in [0.05, 0.1) is 10.7 Å². The largest absolute Gasteiger partial charge is 0.338 e. The monoisotopic (exact) mass is 386 g/mol. The molecule has 0 atom stereocenters. The van der Waals surface area contributed by atoms with E-state index in [0.717, 1.165) is 16.3 Å². The molecule has 2 amide bonds.